The van der Waals surface area contributed by atoms with Gasteiger partial charge in [-0.25, -0.2) is 0 Å². The minimum absolute atomic E-state index is 0.102. The maximum Gasteiger partial charge on any atom is 0.204 e. The highest BCUT2D eigenvalue weighted by molar-refractivity contribution is 6.02. The molecule has 1 unspecified atom stereocenters. The van der Waals surface area contributed by atoms with Crippen LogP contribution in [-0.4, -0.2) is 22.3 Å². The lowest BCUT2D eigenvalue weighted by Gasteiger charge is -2.21. The summed E-state index contributed by atoms with van der Waals surface area (Å²) in [5.41, 5.74) is 0.160. The number of benzene rings is 1. The van der Waals surface area contributed by atoms with Gasteiger partial charge in [-0.15, -0.1) is 0 Å². The van der Waals surface area contributed by atoms with E-state index >= 15 is 0 Å². The number of ketones is 1. The van der Waals surface area contributed by atoms with Crippen molar-refractivity contribution in [3.63, 3.8) is 0 Å². The Labute approximate surface area is 74.4 Å². The Hall–Kier alpha value is -1.55. The molecular weight excluding hydrogens is 172 g/mol. The zero-order valence-electron chi connectivity index (χ0n) is 6.73. The number of aliphatic hydroxyl groups is 1. The van der Waals surface area contributed by atoms with Crippen molar-refractivity contribution in [3.05, 3.63) is 23.8 Å². The second-order valence-electron chi connectivity index (χ2n) is 2.85. The van der Waals surface area contributed by atoms with Crippen molar-refractivity contribution >= 4 is 5.78 Å². The summed E-state index contributed by atoms with van der Waals surface area (Å²) in [5, 5.41) is 18.4. The van der Waals surface area contributed by atoms with Gasteiger partial charge >= 0.3 is 0 Å². The van der Waals surface area contributed by atoms with Crippen molar-refractivity contribution in [1.29, 1.82) is 0 Å². The van der Waals surface area contributed by atoms with Crippen molar-refractivity contribution in [1.82, 2.24) is 0 Å². The van der Waals surface area contributed by atoms with E-state index in [9.17, 15) is 9.90 Å². The Morgan fingerprint density at radius 1 is 1.46 bits per heavy atom. The highest BCUT2D eigenvalue weighted by Gasteiger charge is 2.27. The number of ether oxygens (including phenoxy) is 1. The Kier molecular flexibility index (Phi) is 1.70. The summed E-state index contributed by atoms with van der Waals surface area (Å²) < 4.78 is 4.96. The first kappa shape index (κ1) is 8.07. The first-order valence-corrected chi connectivity index (χ1v) is 3.88. The van der Waals surface area contributed by atoms with Gasteiger partial charge in [0.05, 0.1) is 6.42 Å². The van der Waals surface area contributed by atoms with Crippen LogP contribution in [0.3, 0.4) is 0 Å². The molecule has 68 valence electrons. The molecule has 1 aliphatic heterocycles. The van der Waals surface area contributed by atoms with E-state index in [4.69, 9.17) is 9.84 Å². The first-order valence-electron chi connectivity index (χ1n) is 3.88. The molecule has 1 aromatic carbocycles. The third-order valence-electron chi connectivity index (χ3n) is 1.91. The Balaban J connectivity index is 2.55. The van der Waals surface area contributed by atoms with Gasteiger partial charge in [0.2, 0.25) is 6.29 Å². The molecule has 13 heavy (non-hydrogen) atoms. The third kappa shape index (κ3) is 1.25. The van der Waals surface area contributed by atoms with Gasteiger partial charge in [0.1, 0.15) is 17.1 Å². The average Bonchev–Trinajstić information content (AvgIpc) is 2.02. The molecule has 1 heterocycles. The molecule has 0 aliphatic carbocycles. The Morgan fingerprint density at radius 2 is 2.23 bits per heavy atom. The number of carbonyl (C=O) groups excluding carboxylic acids is 1. The summed E-state index contributed by atoms with van der Waals surface area (Å²) in [7, 11) is 0. The Bertz CT molecular complexity index is 359. The van der Waals surface area contributed by atoms with Crippen LogP contribution in [0, 0.1) is 0 Å². The second-order valence-corrected chi connectivity index (χ2v) is 2.85. The molecule has 0 aromatic heterocycles. The smallest absolute Gasteiger partial charge is 0.204 e. The van der Waals surface area contributed by atoms with E-state index in [-0.39, 0.29) is 29.3 Å². The fourth-order valence-corrected chi connectivity index (χ4v) is 1.35. The molecule has 2 N–H and O–H groups in total. The molecule has 1 aliphatic rings. The van der Waals surface area contributed by atoms with Crippen LogP contribution in [0.25, 0.3) is 0 Å². The minimum Gasteiger partial charge on any atom is -0.507 e. The summed E-state index contributed by atoms with van der Waals surface area (Å²) in [6.07, 6.45) is -1.20. The van der Waals surface area contributed by atoms with Gasteiger partial charge in [-0.2, -0.15) is 0 Å². The predicted molar refractivity (Wildman–Crippen MR) is 43.7 cm³/mol. The van der Waals surface area contributed by atoms with Gasteiger partial charge in [0, 0.05) is 0 Å². The molecule has 0 radical (unpaired) electrons. The average molecular weight is 180 g/mol. The van der Waals surface area contributed by atoms with Crippen molar-refractivity contribution in [3.8, 4) is 11.5 Å². The van der Waals surface area contributed by atoms with Crippen molar-refractivity contribution in [2.45, 2.75) is 12.7 Å². The number of carbonyl (C=O) groups is 1. The number of Topliss-reactive ketones (excluding diaryl/α,β-unsaturated/α-hetero) is 1. The summed E-state index contributed by atoms with van der Waals surface area (Å²) in [4.78, 5) is 11.3. The number of aliphatic hydroxyl groups excluding tert-OH is 1. The van der Waals surface area contributed by atoms with Crippen LogP contribution < -0.4 is 4.74 Å². The number of hydrogen-bond acceptors (Lipinski definition) is 4. The van der Waals surface area contributed by atoms with Crippen LogP contribution in [0.2, 0.25) is 0 Å². The summed E-state index contributed by atoms with van der Waals surface area (Å²) in [5.74, 6) is -0.162. The van der Waals surface area contributed by atoms with Gasteiger partial charge in [0.15, 0.2) is 5.78 Å². The van der Waals surface area contributed by atoms with Crippen LogP contribution in [0.1, 0.15) is 16.8 Å². The van der Waals surface area contributed by atoms with Crippen LogP contribution in [0.15, 0.2) is 18.2 Å². The molecule has 0 bridgehead atoms. The maximum absolute atomic E-state index is 11.3. The van der Waals surface area contributed by atoms with E-state index in [1.54, 1.807) is 6.07 Å². The van der Waals surface area contributed by atoms with Gasteiger partial charge in [0.25, 0.3) is 0 Å². The molecule has 0 amide bonds. The quantitative estimate of drug-likeness (QED) is 0.616. The number of phenolic OH excluding ortho intramolecular Hbond substituents is 1. The molecule has 2 rings (SSSR count). The summed E-state index contributed by atoms with van der Waals surface area (Å²) in [6, 6.07) is 4.51. The second kappa shape index (κ2) is 2.74. The minimum atomic E-state index is -1.10. The predicted octanol–water partition coefficient (Wildman–Crippen LogP) is 0.676. The maximum atomic E-state index is 11.3. The molecule has 0 fully saturated rings. The zero-order valence-corrected chi connectivity index (χ0v) is 6.73. The van der Waals surface area contributed by atoms with Gasteiger partial charge < -0.3 is 14.9 Å². The Morgan fingerprint density at radius 3 is 3.00 bits per heavy atom. The summed E-state index contributed by atoms with van der Waals surface area (Å²) in [6.45, 7) is 0. The lowest BCUT2D eigenvalue weighted by atomic mass is 10.0. The number of rotatable bonds is 0. The topological polar surface area (TPSA) is 66.8 Å². The van der Waals surface area contributed by atoms with Crippen LogP contribution in [0.5, 0.6) is 11.5 Å². The molecule has 4 nitrogen and oxygen atoms in total. The van der Waals surface area contributed by atoms with E-state index in [2.05, 4.69) is 0 Å². The number of fused-ring (bicyclic) bond motifs is 1. The van der Waals surface area contributed by atoms with Gasteiger partial charge in [-0.05, 0) is 12.1 Å². The molecule has 4 heteroatoms. The van der Waals surface area contributed by atoms with E-state index in [0.717, 1.165) is 0 Å². The SMILES string of the molecule is O=C1CC(O)Oc2cccc(O)c21. The lowest BCUT2D eigenvalue weighted by molar-refractivity contribution is -0.0248. The number of hydrogen-bond donors (Lipinski definition) is 2. The fourth-order valence-electron chi connectivity index (χ4n) is 1.35. The molecule has 0 saturated heterocycles. The van der Waals surface area contributed by atoms with Crippen LogP contribution in [0.4, 0.5) is 0 Å². The number of aromatic hydroxyl groups is 1. The van der Waals surface area contributed by atoms with E-state index in [1.807, 2.05) is 0 Å². The molecule has 0 spiro atoms. The van der Waals surface area contributed by atoms with E-state index in [1.165, 1.54) is 12.1 Å². The highest BCUT2D eigenvalue weighted by atomic mass is 16.6. The number of phenols is 1. The van der Waals surface area contributed by atoms with Gasteiger partial charge in [-0.1, -0.05) is 6.07 Å². The fraction of sp³-hybridized carbons (Fsp3) is 0.222. The first-order chi connectivity index (χ1) is 6.18. The van der Waals surface area contributed by atoms with E-state index in [0.29, 0.717) is 0 Å². The normalized spacial score (nSPS) is 20.7. The molecule has 1 aromatic rings. The molecule has 0 saturated carbocycles. The van der Waals surface area contributed by atoms with E-state index < -0.39 is 6.29 Å². The highest BCUT2D eigenvalue weighted by Crippen LogP contribution is 2.32. The van der Waals surface area contributed by atoms with Crippen molar-refractivity contribution in [2.75, 3.05) is 0 Å². The monoisotopic (exact) mass is 180 g/mol. The third-order valence-corrected chi connectivity index (χ3v) is 1.91. The lowest BCUT2D eigenvalue weighted by Crippen LogP contribution is -2.26. The van der Waals surface area contributed by atoms with Crippen LogP contribution >= 0.6 is 0 Å². The molecular formula is C9H8O4. The van der Waals surface area contributed by atoms with Crippen LogP contribution in [-0.2, 0) is 0 Å². The zero-order chi connectivity index (χ0) is 9.42. The van der Waals surface area contributed by atoms with Crippen molar-refractivity contribution < 1.29 is 19.7 Å². The van der Waals surface area contributed by atoms with Crippen molar-refractivity contribution in [2.24, 2.45) is 0 Å². The van der Waals surface area contributed by atoms with Gasteiger partial charge in [-0.3, -0.25) is 4.79 Å². The largest absolute Gasteiger partial charge is 0.507 e. The summed E-state index contributed by atoms with van der Waals surface area (Å²) >= 11 is 0. The molecule has 1 atom stereocenters. The standard InChI is InChI=1S/C9H8O4/c10-5-2-1-3-7-9(5)6(11)4-8(12)13-7/h1-3,8,10,12H,4H2.